The summed E-state index contributed by atoms with van der Waals surface area (Å²) in [6, 6.07) is 5.11. The standard InChI is InChI=1S/C16H24ClN3O/c17-13-7-8-15(14(18)12-13)19-16(21)6-5-11-20-9-3-1-2-4-10-20/h7-8,12H,1-6,9-11,18H2,(H,19,21). The summed E-state index contributed by atoms with van der Waals surface area (Å²) in [6.45, 7) is 3.35. The molecule has 4 nitrogen and oxygen atoms in total. The molecule has 3 N–H and O–H groups in total. The monoisotopic (exact) mass is 309 g/mol. The van der Waals surface area contributed by atoms with Crippen LogP contribution in [0.15, 0.2) is 18.2 Å². The van der Waals surface area contributed by atoms with E-state index in [0.29, 0.717) is 22.8 Å². The Bertz CT molecular complexity index is 471. The zero-order chi connectivity index (χ0) is 15.1. The number of carbonyl (C=O) groups is 1. The van der Waals surface area contributed by atoms with Gasteiger partial charge in [-0.1, -0.05) is 24.4 Å². The van der Waals surface area contributed by atoms with Crippen molar-refractivity contribution in [2.45, 2.75) is 38.5 Å². The fraction of sp³-hybridized carbons (Fsp3) is 0.562. The number of nitrogens with zero attached hydrogens (tertiary/aromatic N) is 1. The third-order valence-corrected chi connectivity index (χ3v) is 4.10. The third-order valence-electron chi connectivity index (χ3n) is 3.86. The summed E-state index contributed by atoms with van der Waals surface area (Å²) in [5.41, 5.74) is 6.97. The summed E-state index contributed by atoms with van der Waals surface area (Å²) in [5.74, 6) is 0.0128. The lowest BCUT2D eigenvalue weighted by molar-refractivity contribution is -0.116. The average molecular weight is 310 g/mol. The molecule has 0 bridgehead atoms. The zero-order valence-corrected chi connectivity index (χ0v) is 13.2. The minimum Gasteiger partial charge on any atom is -0.397 e. The van der Waals surface area contributed by atoms with Gasteiger partial charge in [0.25, 0.3) is 0 Å². The number of rotatable bonds is 5. The van der Waals surface area contributed by atoms with Gasteiger partial charge in [-0.15, -0.1) is 0 Å². The number of nitrogens with one attached hydrogen (secondary N) is 1. The van der Waals surface area contributed by atoms with Crippen LogP contribution in [0, 0.1) is 0 Å². The zero-order valence-electron chi connectivity index (χ0n) is 12.4. The number of carbonyl (C=O) groups excluding carboxylic acids is 1. The number of nitrogen functional groups attached to an aromatic ring is 1. The van der Waals surface area contributed by atoms with Crippen molar-refractivity contribution in [3.63, 3.8) is 0 Å². The first kappa shape index (κ1) is 16.1. The summed E-state index contributed by atoms with van der Waals surface area (Å²) >= 11 is 5.84. The Morgan fingerprint density at radius 1 is 1.24 bits per heavy atom. The normalized spacial score (nSPS) is 16.4. The van der Waals surface area contributed by atoms with Crippen LogP contribution in [0.4, 0.5) is 11.4 Å². The maximum absolute atomic E-state index is 11.9. The molecule has 0 unspecified atom stereocenters. The Morgan fingerprint density at radius 3 is 2.62 bits per heavy atom. The van der Waals surface area contributed by atoms with E-state index in [1.54, 1.807) is 18.2 Å². The summed E-state index contributed by atoms with van der Waals surface area (Å²) in [7, 11) is 0. The van der Waals surface area contributed by atoms with Crippen LogP contribution in [0.5, 0.6) is 0 Å². The molecule has 2 rings (SSSR count). The molecule has 1 saturated heterocycles. The van der Waals surface area contributed by atoms with Crippen LogP contribution >= 0.6 is 11.6 Å². The van der Waals surface area contributed by atoms with Crippen molar-refractivity contribution in [1.82, 2.24) is 4.90 Å². The second-order valence-corrected chi connectivity index (χ2v) is 6.08. The molecule has 0 atom stereocenters. The molecular formula is C16H24ClN3O. The Labute approximate surface area is 131 Å². The third kappa shape index (κ3) is 5.56. The van der Waals surface area contributed by atoms with Crippen molar-refractivity contribution in [1.29, 1.82) is 0 Å². The van der Waals surface area contributed by atoms with E-state index in [1.165, 1.54) is 38.8 Å². The SMILES string of the molecule is Nc1cc(Cl)ccc1NC(=O)CCCN1CCCCCC1. The van der Waals surface area contributed by atoms with E-state index in [4.69, 9.17) is 17.3 Å². The number of halogens is 1. The number of hydrogen-bond donors (Lipinski definition) is 2. The molecule has 0 saturated carbocycles. The van der Waals surface area contributed by atoms with Gasteiger partial charge in [-0.05, 0) is 57.1 Å². The molecule has 1 aromatic carbocycles. The minimum atomic E-state index is 0.0128. The largest absolute Gasteiger partial charge is 0.397 e. The molecule has 1 heterocycles. The highest BCUT2D eigenvalue weighted by Crippen LogP contribution is 2.22. The molecule has 21 heavy (non-hydrogen) atoms. The number of hydrogen-bond acceptors (Lipinski definition) is 3. The second-order valence-electron chi connectivity index (χ2n) is 5.64. The number of likely N-dealkylation sites (tertiary alicyclic amines) is 1. The van der Waals surface area contributed by atoms with Gasteiger partial charge in [0.15, 0.2) is 0 Å². The molecule has 0 aromatic heterocycles. The average Bonchev–Trinajstić information content (AvgIpc) is 2.71. The number of anilines is 2. The van der Waals surface area contributed by atoms with Crippen molar-refractivity contribution >= 4 is 28.9 Å². The molecular weight excluding hydrogens is 286 g/mol. The van der Waals surface area contributed by atoms with Crippen LogP contribution in [0.3, 0.4) is 0 Å². The molecule has 1 aliphatic rings. The van der Waals surface area contributed by atoms with Crippen molar-refractivity contribution in [2.24, 2.45) is 0 Å². The van der Waals surface area contributed by atoms with E-state index in [2.05, 4.69) is 10.2 Å². The van der Waals surface area contributed by atoms with Gasteiger partial charge in [-0.25, -0.2) is 0 Å². The van der Waals surface area contributed by atoms with Gasteiger partial charge in [0.2, 0.25) is 5.91 Å². The molecule has 1 aromatic rings. The highest BCUT2D eigenvalue weighted by atomic mass is 35.5. The fourth-order valence-electron chi connectivity index (χ4n) is 2.68. The number of benzene rings is 1. The Hall–Kier alpha value is -1.26. The maximum Gasteiger partial charge on any atom is 0.224 e. The highest BCUT2D eigenvalue weighted by molar-refractivity contribution is 6.31. The summed E-state index contributed by atoms with van der Waals surface area (Å²) in [6.07, 6.45) is 6.67. The predicted molar refractivity (Wildman–Crippen MR) is 88.6 cm³/mol. The Balaban J connectivity index is 1.71. The van der Waals surface area contributed by atoms with Gasteiger partial charge < -0.3 is 16.0 Å². The quantitative estimate of drug-likeness (QED) is 0.818. The topological polar surface area (TPSA) is 58.4 Å². The summed E-state index contributed by atoms with van der Waals surface area (Å²) in [4.78, 5) is 14.4. The van der Waals surface area contributed by atoms with Gasteiger partial charge in [0, 0.05) is 11.4 Å². The van der Waals surface area contributed by atoms with Crippen LogP contribution in [-0.2, 0) is 4.79 Å². The van der Waals surface area contributed by atoms with Crippen LogP contribution in [0.1, 0.15) is 38.5 Å². The molecule has 0 aliphatic carbocycles. The fourth-order valence-corrected chi connectivity index (χ4v) is 2.86. The van der Waals surface area contributed by atoms with Gasteiger partial charge >= 0.3 is 0 Å². The maximum atomic E-state index is 11.9. The van der Waals surface area contributed by atoms with E-state index in [0.717, 1.165) is 13.0 Å². The lowest BCUT2D eigenvalue weighted by Crippen LogP contribution is -2.26. The summed E-state index contributed by atoms with van der Waals surface area (Å²) < 4.78 is 0. The van der Waals surface area contributed by atoms with Crippen LogP contribution in [0.25, 0.3) is 0 Å². The van der Waals surface area contributed by atoms with E-state index < -0.39 is 0 Å². The Morgan fingerprint density at radius 2 is 1.95 bits per heavy atom. The van der Waals surface area contributed by atoms with Crippen LogP contribution < -0.4 is 11.1 Å². The molecule has 5 heteroatoms. The first-order valence-corrected chi connectivity index (χ1v) is 8.10. The van der Waals surface area contributed by atoms with E-state index in [-0.39, 0.29) is 5.91 Å². The lowest BCUT2D eigenvalue weighted by Gasteiger charge is -2.19. The van der Waals surface area contributed by atoms with Gasteiger partial charge in [-0.3, -0.25) is 4.79 Å². The number of amides is 1. The first-order valence-electron chi connectivity index (χ1n) is 7.72. The lowest BCUT2D eigenvalue weighted by atomic mass is 10.2. The first-order chi connectivity index (χ1) is 10.1. The summed E-state index contributed by atoms with van der Waals surface area (Å²) in [5, 5.41) is 3.42. The second kappa shape index (κ2) is 8.25. The van der Waals surface area contributed by atoms with Gasteiger partial charge in [0.05, 0.1) is 11.4 Å². The van der Waals surface area contributed by atoms with E-state index in [1.807, 2.05) is 0 Å². The molecule has 1 fully saturated rings. The highest BCUT2D eigenvalue weighted by Gasteiger charge is 2.10. The van der Waals surface area contributed by atoms with Crippen molar-refractivity contribution in [3.8, 4) is 0 Å². The molecule has 1 aliphatic heterocycles. The molecule has 0 spiro atoms. The molecule has 0 radical (unpaired) electrons. The van der Waals surface area contributed by atoms with Crippen molar-refractivity contribution in [2.75, 3.05) is 30.7 Å². The van der Waals surface area contributed by atoms with Gasteiger partial charge in [-0.2, -0.15) is 0 Å². The smallest absolute Gasteiger partial charge is 0.224 e. The number of nitrogens with two attached hydrogens (primary N) is 1. The van der Waals surface area contributed by atoms with Crippen LogP contribution in [-0.4, -0.2) is 30.4 Å². The van der Waals surface area contributed by atoms with E-state index in [9.17, 15) is 4.79 Å². The molecule has 116 valence electrons. The molecule has 1 amide bonds. The Kier molecular flexibility index (Phi) is 6.33. The van der Waals surface area contributed by atoms with Crippen molar-refractivity contribution in [3.05, 3.63) is 23.2 Å². The van der Waals surface area contributed by atoms with Crippen LogP contribution in [0.2, 0.25) is 5.02 Å². The predicted octanol–water partition coefficient (Wildman–Crippen LogP) is 3.52. The van der Waals surface area contributed by atoms with Gasteiger partial charge in [0.1, 0.15) is 0 Å². The van der Waals surface area contributed by atoms with E-state index >= 15 is 0 Å². The minimum absolute atomic E-state index is 0.0128. The van der Waals surface area contributed by atoms with Crippen molar-refractivity contribution < 1.29 is 4.79 Å².